The summed E-state index contributed by atoms with van der Waals surface area (Å²) >= 11 is 0. The summed E-state index contributed by atoms with van der Waals surface area (Å²) in [6, 6.07) is 13.5. The predicted octanol–water partition coefficient (Wildman–Crippen LogP) is 2.52. The van der Waals surface area contributed by atoms with Crippen LogP contribution in [0.4, 0.5) is 28.7 Å². The van der Waals surface area contributed by atoms with E-state index in [-0.39, 0.29) is 5.56 Å². The lowest BCUT2D eigenvalue weighted by Crippen LogP contribution is -2.26. The maximum absolute atomic E-state index is 12.5. The van der Waals surface area contributed by atoms with Crippen molar-refractivity contribution in [3.63, 3.8) is 0 Å². The number of hydrogen-bond donors (Lipinski definition) is 3. The lowest BCUT2D eigenvalue weighted by atomic mass is 10.2. The molecule has 0 saturated carbocycles. The number of nitrogens with one attached hydrogen (secondary N) is 3. The van der Waals surface area contributed by atoms with Crippen LogP contribution in [0.3, 0.4) is 0 Å². The van der Waals surface area contributed by atoms with Gasteiger partial charge in [0.25, 0.3) is 5.91 Å². The predicted molar refractivity (Wildman–Crippen MR) is 124 cm³/mol. The number of aromatic nitrogens is 2. The molecule has 12 heteroatoms. The number of anilines is 5. The van der Waals surface area contributed by atoms with Gasteiger partial charge in [-0.25, -0.2) is 23.9 Å². The Bertz CT molecular complexity index is 1300. The highest BCUT2D eigenvalue weighted by Gasteiger charge is 2.19. The minimum atomic E-state index is -3.52. The molecule has 11 nitrogen and oxygen atoms in total. The smallest absolute Gasteiger partial charge is 0.278 e. The number of amides is 1. The minimum absolute atomic E-state index is 0.159. The van der Waals surface area contributed by atoms with Gasteiger partial charge in [0, 0.05) is 25.5 Å². The van der Waals surface area contributed by atoms with Gasteiger partial charge in [-0.15, -0.1) is 0 Å². The van der Waals surface area contributed by atoms with E-state index in [1.807, 2.05) is 6.07 Å². The summed E-state index contributed by atoms with van der Waals surface area (Å²) < 4.78 is 25.3. The Kier molecular flexibility index (Phi) is 7.07. The van der Waals surface area contributed by atoms with Gasteiger partial charge in [-0.2, -0.15) is 5.26 Å². The summed E-state index contributed by atoms with van der Waals surface area (Å²) in [5.41, 5.74) is 3.99. The third-order valence-corrected chi connectivity index (χ3v) is 5.69. The van der Waals surface area contributed by atoms with Crippen molar-refractivity contribution in [1.29, 1.82) is 5.26 Å². The summed E-state index contributed by atoms with van der Waals surface area (Å²) in [6.07, 6.45) is 3.85. The number of rotatable bonds is 8. The molecule has 0 aliphatic carbocycles. The Balaban J connectivity index is 2.01. The molecule has 0 unspecified atom stereocenters. The Morgan fingerprint density at radius 2 is 1.79 bits per heavy atom. The molecular weight excluding hydrogens is 446 g/mol. The monoisotopic (exact) mass is 467 g/mol. The Morgan fingerprint density at radius 1 is 1.06 bits per heavy atom. The molecule has 3 N–H and O–H groups in total. The van der Waals surface area contributed by atoms with E-state index in [0.29, 0.717) is 34.3 Å². The van der Waals surface area contributed by atoms with E-state index in [1.165, 1.54) is 26.6 Å². The van der Waals surface area contributed by atoms with Crippen molar-refractivity contribution in [2.24, 2.45) is 0 Å². The van der Waals surface area contributed by atoms with E-state index < -0.39 is 15.9 Å². The van der Waals surface area contributed by atoms with Gasteiger partial charge >= 0.3 is 0 Å². The standard InChI is InChI=1S/C21H21N7O4S/c1-28(33(3,30)31)18-7-5-4-6-16(18)25-17-10-20(24-13-15(17)21(29)27-32-2)26-19-9-8-14(11-22)12-23-19/h4-10,12-13H,1-3H3,(H,27,29)(H2,23,24,25,26). The number of sulfonamides is 1. The first-order valence-corrected chi connectivity index (χ1v) is 11.3. The van der Waals surface area contributed by atoms with Gasteiger partial charge in [-0.3, -0.25) is 13.9 Å². The molecule has 0 bridgehead atoms. The van der Waals surface area contributed by atoms with Crippen LogP contribution in [0.15, 0.2) is 54.9 Å². The van der Waals surface area contributed by atoms with E-state index in [9.17, 15) is 13.2 Å². The number of carbonyl (C=O) groups is 1. The molecular formula is C21H21N7O4S. The third kappa shape index (κ3) is 5.73. The van der Waals surface area contributed by atoms with Crippen molar-refractivity contribution < 1.29 is 18.0 Å². The number of nitrogens with zero attached hydrogens (tertiary/aromatic N) is 4. The topological polar surface area (TPSA) is 149 Å². The van der Waals surface area contributed by atoms with Gasteiger partial charge in [0.05, 0.1) is 41.6 Å². The number of para-hydroxylation sites is 2. The maximum atomic E-state index is 12.5. The van der Waals surface area contributed by atoms with Crippen LogP contribution in [0.2, 0.25) is 0 Å². The van der Waals surface area contributed by atoms with E-state index in [1.54, 1.807) is 42.5 Å². The van der Waals surface area contributed by atoms with Gasteiger partial charge in [0.2, 0.25) is 10.0 Å². The van der Waals surface area contributed by atoms with Crippen LogP contribution >= 0.6 is 0 Å². The largest absolute Gasteiger partial charge is 0.353 e. The van der Waals surface area contributed by atoms with Crippen molar-refractivity contribution >= 4 is 44.6 Å². The van der Waals surface area contributed by atoms with Crippen LogP contribution in [0.5, 0.6) is 0 Å². The fourth-order valence-corrected chi connectivity index (χ4v) is 3.32. The molecule has 1 aromatic carbocycles. The van der Waals surface area contributed by atoms with Crippen LogP contribution in [0.1, 0.15) is 15.9 Å². The molecule has 0 saturated heterocycles. The molecule has 2 heterocycles. The van der Waals surface area contributed by atoms with E-state index in [2.05, 4.69) is 26.1 Å². The van der Waals surface area contributed by atoms with Crippen LogP contribution in [-0.4, -0.2) is 44.7 Å². The van der Waals surface area contributed by atoms with Gasteiger partial charge in [-0.1, -0.05) is 12.1 Å². The quantitative estimate of drug-likeness (QED) is 0.425. The zero-order valence-corrected chi connectivity index (χ0v) is 18.8. The fraction of sp³-hybridized carbons (Fsp3) is 0.143. The normalized spacial score (nSPS) is 10.7. The van der Waals surface area contributed by atoms with Crippen molar-refractivity contribution in [3.8, 4) is 6.07 Å². The molecule has 0 fully saturated rings. The average Bonchev–Trinajstić information content (AvgIpc) is 2.79. The number of nitriles is 1. The molecule has 1 amide bonds. The van der Waals surface area contributed by atoms with Crippen molar-refractivity contribution in [2.75, 3.05) is 35.4 Å². The number of pyridine rings is 2. The molecule has 0 aliphatic heterocycles. The summed E-state index contributed by atoms with van der Waals surface area (Å²) in [5, 5.41) is 15.0. The molecule has 2 aromatic heterocycles. The van der Waals surface area contributed by atoms with E-state index in [0.717, 1.165) is 10.6 Å². The van der Waals surface area contributed by atoms with Gasteiger partial charge < -0.3 is 10.6 Å². The van der Waals surface area contributed by atoms with Crippen molar-refractivity contribution in [1.82, 2.24) is 15.4 Å². The Hall–Kier alpha value is -4.21. The molecule has 3 aromatic rings. The summed E-state index contributed by atoms with van der Waals surface area (Å²) in [7, 11) is -0.780. The van der Waals surface area contributed by atoms with Gasteiger partial charge in [0.1, 0.15) is 17.7 Å². The van der Waals surface area contributed by atoms with E-state index in [4.69, 9.17) is 10.1 Å². The first kappa shape index (κ1) is 23.5. The maximum Gasteiger partial charge on any atom is 0.278 e. The zero-order chi connectivity index (χ0) is 24.0. The first-order valence-electron chi connectivity index (χ1n) is 9.49. The van der Waals surface area contributed by atoms with Gasteiger partial charge in [0.15, 0.2) is 0 Å². The number of hydroxylamine groups is 1. The summed E-state index contributed by atoms with van der Waals surface area (Å²) in [5.74, 6) is 0.251. The second-order valence-electron chi connectivity index (χ2n) is 6.79. The number of hydrogen-bond acceptors (Lipinski definition) is 9. The fourth-order valence-electron chi connectivity index (χ4n) is 2.80. The lowest BCUT2D eigenvalue weighted by molar-refractivity contribution is 0.0538. The van der Waals surface area contributed by atoms with Crippen molar-refractivity contribution in [2.45, 2.75) is 0 Å². The Labute approximate surface area is 191 Å². The second kappa shape index (κ2) is 9.94. The SMILES string of the molecule is CONC(=O)c1cnc(Nc2ccc(C#N)cn2)cc1Nc1ccccc1N(C)S(C)(=O)=O. The van der Waals surface area contributed by atoms with Crippen LogP contribution < -0.4 is 20.4 Å². The molecule has 33 heavy (non-hydrogen) atoms. The van der Waals surface area contributed by atoms with Crippen LogP contribution in [0.25, 0.3) is 0 Å². The highest BCUT2D eigenvalue weighted by molar-refractivity contribution is 7.92. The summed E-state index contributed by atoms with van der Waals surface area (Å²) in [6.45, 7) is 0. The van der Waals surface area contributed by atoms with Gasteiger partial charge in [-0.05, 0) is 24.3 Å². The molecule has 0 aliphatic rings. The zero-order valence-electron chi connectivity index (χ0n) is 18.0. The lowest BCUT2D eigenvalue weighted by Gasteiger charge is -2.22. The number of benzene rings is 1. The molecule has 3 rings (SSSR count). The highest BCUT2D eigenvalue weighted by Crippen LogP contribution is 2.31. The third-order valence-electron chi connectivity index (χ3n) is 4.50. The number of carbonyl (C=O) groups excluding carboxylic acids is 1. The van der Waals surface area contributed by atoms with E-state index >= 15 is 0 Å². The minimum Gasteiger partial charge on any atom is -0.353 e. The summed E-state index contributed by atoms with van der Waals surface area (Å²) in [4.78, 5) is 25.6. The Morgan fingerprint density at radius 3 is 2.42 bits per heavy atom. The average molecular weight is 468 g/mol. The molecule has 0 radical (unpaired) electrons. The molecule has 170 valence electrons. The molecule has 0 spiro atoms. The van der Waals surface area contributed by atoms with Crippen LogP contribution in [0, 0.1) is 11.3 Å². The molecule has 0 atom stereocenters. The van der Waals surface area contributed by atoms with Crippen LogP contribution in [-0.2, 0) is 14.9 Å². The van der Waals surface area contributed by atoms with Crippen molar-refractivity contribution in [3.05, 3.63) is 66.0 Å². The highest BCUT2D eigenvalue weighted by atomic mass is 32.2. The first-order chi connectivity index (χ1) is 15.7. The second-order valence-corrected chi connectivity index (χ2v) is 8.81.